The summed E-state index contributed by atoms with van der Waals surface area (Å²) in [5, 5.41) is 0. The van der Waals surface area contributed by atoms with Crippen LogP contribution in [0.25, 0.3) is 0 Å². The van der Waals surface area contributed by atoms with Crippen molar-refractivity contribution in [2.75, 3.05) is 19.0 Å². The quantitative estimate of drug-likeness (QED) is 0.406. The second-order valence-corrected chi connectivity index (χ2v) is 14.8. The Hall–Kier alpha value is 0.372. The largest absolute Gasteiger partial charge is 0.466 e. The van der Waals surface area contributed by atoms with Gasteiger partial charge in [-0.1, -0.05) is 0 Å². The summed E-state index contributed by atoms with van der Waals surface area (Å²) in [6.07, 6.45) is 0. The summed E-state index contributed by atoms with van der Waals surface area (Å²) < 4.78 is 11.2. The van der Waals surface area contributed by atoms with Gasteiger partial charge < -0.3 is 14.7 Å². The van der Waals surface area contributed by atoms with Gasteiger partial charge in [-0.05, 0) is 0 Å². The van der Waals surface area contributed by atoms with E-state index in [4.69, 9.17) is 19.2 Å². The van der Waals surface area contributed by atoms with E-state index in [1.807, 2.05) is 0 Å². The summed E-state index contributed by atoms with van der Waals surface area (Å²) in [6.45, 7) is 14.3. The van der Waals surface area contributed by atoms with Crippen LogP contribution in [0, 0.1) is 0 Å². The number of hydrogen-bond donors (Lipinski definition) is 3. The average molecular weight is 512 g/mol. The normalized spacial score (nSPS) is 12.0. The summed E-state index contributed by atoms with van der Waals surface area (Å²) in [5.74, 6) is 0. The Bertz CT molecular complexity index is 514. The van der Waals surface area contributed by atoms with Gasteiger partial charge in [-0.2, -0.15) is 0 Å². The molecule has 0 atom stereocenters. The average Bonchev–Trinajstić information content (AvgIpc) is 2.23. The summed E-state index contributed by atoms with van der Waals surface area (Å²) in [5.41, 5.74) is 1.28. The number of phosphoric acid groups is 1. The van der Waals surface area contributed by atoms with E-state index in [1.54, 1.807) is 4.04 Å². The Labute approximate surface area is 170 Å². The molecule has 5 nitrogen and oxygen atoms in total. The van der Waals surface area contributed by atoms with Crippen molar-refractivity contribution in [3.8, 4) is 0 Å². The summed E-state index contributed by atoms with van der Waals surface area (Å²) in [4.78, 5) is 23.7. The maximum absolute atomic E-state index is 8.88. The molecule has 3 N–H and O–H groups in total. The topological polar surface area (TPSA) is 81.0 Å². The van der Waals surface area contributed by atoms with Crippen LogP contribution in [0.1, 0.15) is 41.5 Å². The van der Waals surface area contributed by atoms with Crippen LogP contribution in [0.2, 0.25) is 7.78 Å². The van der Waals surface area contributed by atoms with E-state index in [9.17, 15) is 0 Å². The van der Waals surface area contributed by atoms with Crippen molar-refractivity contribution in [3.63, 3.8) is 0 Å². The van der Waals surface area contributed by atoms with Crippen LogP contribution in [0.4, 0.5) is 5.69 Å². The Balaban J connectivity index is -0.000000610. The van der Waals surface area contributed by atoms with Crippen LogP contribution >= 0.6 is 32.6 Å². The van der Waals surface area contributed by atoms with Gasteiger partial charge in [0, 0.05) is 0 Å². The maximum Gasteiger partial charge on any atom is 0.466 e. The Morgan fingerprint density at radius 3 is 1.32 bits per heavy atom. The third-order valence-corrected chi connectivity index (χ3v) is 8.53. The molecule has 0 radical (unpaired) electrons. The van der Waals surface area contributed by atoms with Gasteiger partial charge in [0.05, 0.1) is 0 Å². The van der Waals surface area contributed by atoms with Crippen molar-refractivity contribution < 1.29 is 36.0 Å². The van der Waals surface area contributed by atoms with Gasteiger partial charge in [0.15, 0.2) is 0 Å². The zero-order valence-electron chi connectivity index (χ0n) is 16.1. The number of nitrogens with zero attached hydrogens (tertiary/aromatic N) is 1. The van der Waals surface area contributed by atoms with Gasteiger partial charge in [-0.3, -0.25) is 0 Å². The minimum absolute atomic E-state index is 0. The predicted molar refractivity (Wildman–Crippen MR) is 109 cm³/mol. The molecule has 0 aliphatic rings. The van der Waals surface area contributed by atoms with Gasteiger partial charge in [0.2, 0.25) is 0 Å². The van der Waals surface area contributed by atoms with Crippen LogP contribution in [0.5, 0.6) is 0 Å². The number of rotatable bonds is 2. The van der Waals surface area contributed by atoms with Crippen LogP contribution in [-0.2, 0) is 21.3 Å². The van der Waals surface area contributed by atoms with Gasteiger partial charge >= 0.3 is 127 Å². The first-order valence-corrected chi connectivity index (χ1v) is 11.1. The molecule has 155 valence electrons. The molecule has 0 amide bonds. The Kier molecular flexibility index (Phi) is 13.6. The molecule has 25 heavy (non-hydrogen) atoms. The molecule has 1 aromatic rings. The zero-order chi connectivity index (χ0) is 18.6. The fourth-order valence-corrected chi connectivity index (χ4v) is 9.06. The van der Waals surface area contributed by atoms with E-state index >= 15 is 0 Å². The first kappa shape index (κ1) is 30.1. The zero-order valence-corrected chi connectivity index (χ0v) is 20.2. The van der Waals surface area contributed by atoms with E-state index in [1.165, 1.54) is 5.69 Å². The number of hydrogen-bond acceptors (Lipinski definition) is 2. The summed E-state index contributed by atoms with van der Waals surface area (Å²) >= 11 is -0.784. The third-order valence-electron chi connectivity index (χ3n) is 2.45. The predicted octanol–water partition coefficient (Wildman–Crippen LogP) is 4.35. The minimum atomic E-state index is -4.64. The fraction of sp³-hybridized carbons (Fsp3) is 0.625. The molecule has 0 aliphatic carbocycles. The SMILES string of the molecule is CN(C)c1cc[c]([Pd]([C](C)(C)C)[C](C)(C)C)cc1.Cl.Cl.O=P(O)(O)O. The number of anilines is 1. The van der Waals surface area contributed by atoms with E-state index in [0.717, 1.165) is 0 Å². The van der Waals surface area contributed by atoms with Crippen LogP contribution in [-0.4, -0.2) is 28.8 Å². The van der Waals surface area contributed by atoms with Crippen LogP contribution < -0.4 is 8.94 Å². The van der Waals surface area contributed by atoms with E-state index in [2.05, 4.69) is 84.8 Å². The van der Waals surface area contributed by atoms with Crippen LogP contribution in [0.3, 0.4) is 0 Å². The van der Waals surface area contributed by atoms with Crippen LogP contribution in [0.15, 0.2) is 24.3 Å². The smallest absolute Gasteiger partial charge is 0.303 e. The molecule has 0 heterocycles. The van der Waals surface area contributed by atoms with Crippen molar-refractivity contribution in [1.29, 1.82) is 0 Å². The Morgan fingerprint density at radius 1 is 0.840 bits per heavy atom. The first-order valence-electron chi connectivity index (χ1n) is 7.20. The van der Waals surface area contributed by atoms with Gasteiger partial charge in [-0.25, -0.2) is 4.57 Å². The number of halogens is 2. The van der Waals surface area contributed by atoms with Gasteiger partial charge in [-0.15, -0.1) is 24.8 Å². The first-order chi connectivity index (χ1) is 10.0. The number of benzene rings is 1. The molecule has 0 aliphatic heterocycles. The van der Waals surface area contributed by atoms with Crippen molar-refractivity contribution >= 4 is 42.4 Å². The molecule has 0 bridgehead atoms. The molecular formula is C16H33Cl2NO4PPd. The van der Waals surface area contributed by atoms with Crippen molar-refractivity contribution in [1.82, 2.24) is 0 Å². The summed E-state index contributed by atoms with van der Waals surface area (Å²) in [7, 11) is -0.453. The molecule has 0 fully saturated rings. The van der Waals surface area contributed by atoms with Crippen molar-refractivity contribution in [3.05, 3.63) is 24.3 Å². The van der Waals surface area contributed by atoms with Crippen molar-refractivity contribution in [2.45, 2.75) is 49.3 Å². The monoisotopic (exact) mass is 510 g/mol. The molecular weight excluding hydrogens is 478 g/mol. The van der Waals surface area contributed by atoms with E-state index < -0.39 is 24.6 Å². The van der Waals surface area contributed by atoms with Gasteiger partial charge in [0.25, 0.3) is 0 Å². The standard InChI is InChI=1S/C8H10N.2C4H9.2ClH.H3O4P.Pd/c1-9(2)8-6-4-3-5-7-8;2*1-4(2)3;;;1-5(2,3)4;/h4-7H,1-2H3;2*1-3H3;2*1H;(H3,1,2,3,4);. The van der Waals surface area contributed by atoms with Gasteiger partial charge in [0.1, 0.15) is 0 Å². The molecule has 0 saturated heterocycles. The Morgan fingerprint density at radius 2 is 1.12 bits per heavy atom. The molecule has 0 saturated carbocycles. The maximum atomic E-state index is 8.88. The second kappa shape index (κ2) is 11.3. The van der Waals surface area contributed by atoms with E-state index in [-0.39, 0.29) is 24.8 Å². The molecule has 1 rings (SSSR count). The molecule has 9 heteroatoms. The fourth-order valence-electron chi connectivity index (χ4n) is 2.09. The molecule has 1 aromatic carbocycles. The molecule has 0 aromatic heterocycles. The minimum Gasteiger partial charge on any atom is -0.303 e. The second-order valence-electron chi connectivity index (χ2n) is 7.03. The third kappa shape index (κ3) is 13.2. The molecule has 0 unspecified atom stereocenters. The summed E-state index contributed by atoms with van der Waals surface area (Å²) in [6, 6.07) is 9.18. The van der Waals surface area contributed by atoms with Crippen molar-refractivity contribution in [2.24, 2.45) is 0 Å². The molecule has 0 spiro atoms. The van der Waals surface area contributed by atoms with E-state index in [0.29, 0.717) is 7.78 Å².